The maximum absolute atomic E-state index is 16.5. The molecule has 4 aromatic rings. The van der Waals surface area contributed by atoms with Gasteiger partial charge in [0.05, 0.1) is 35.2 Å². The topological polar surface area (TPSA) is 124 Å². The first-order chi connectivity index (χ1) is 24.7. The molecule has 3 aromatic heterocycles. The zero-order valence-electron chi connectivity index (χ0n) is 27.9. The Bertz CT molecular complexity index is 2020. The van der Waals surface area contributed by atoms with Crippen molar-refractivity contribution in [2.45, 2.75) is 56.8 Å². The molecule has 51 heavy (non-hydrogen) atoms. The number of alkyl halides is 3. The predicted molar refractivity (Wildman–Crippen MR) is 180 cm³/mol. The summed E-state index contributed by atoms with van der Waals surface area (Å²) >= 11 is 0. The Labute approximate surface area is 291 Å². The zero-order chi connectivity index (χ0) is 35.7. The van der Waals surface area contributed by atoms with Crippen molar-refractivity contribution in [2.75, 3.05) is 44.2 Å². The van der Waals surface area contributed by atoms with E-state index in [4.69, 9.17) is 9.72 Å². The number of hydrogen-bond acceptors (Lipinski definition) is 10. The highest BCUT2D eigenvalue weighted by Gasteiger charge is 2.49. The molecule has 264 valence electrons. The quantitative estimate of drug-likeness (QED) is 0.164. The molecule has 1 amide bonds. The molecule has 3 aliphatic rings. The molecule has 3 atom stereocenters. The maximum Gasteiger partial charge on any atom is 0.319 e. The Balaban J connectivity index is 1.24. The molecule has 0 aliphatic carbocycles. The highest BCUT2D eigenvalue weighted by Crippen LogP contribution is 2.41. The van der Waals surface area contributed by atoms with E-state index < -0.39 is 30.0 Å². The molecular formula is C36H35F4N9O2. The van der Waals surface area contributed by atoms with Gasteiger partial charge in [-0.15, -0.1) is 0 Å². The molecule has 0 N–H and O–H groups in total. The van der Waals surface area contributed by atoms with Crippen molar-refractivity contribution in [3.63, 3.8) is 0 Å². The number of nitrogens with zero attached hydrogens (tertiary/aromatic N) is 9. The summed E-state index contributed by atoms with van der Waals surface area (Å²) in [7, 11) is 0. The fourth-order valence-corrected chi connectivity index (χ4v) is 7.50. The number of fused-ring (bicyclic) bond motifs is 2. The second-order valence-corrected chi connectivity index (χ2v) is 13.1. The molecule has 7 rings (SSSR count). The summed E-state index contributed by atoms with van der Waals surface area (Å²) in [5, 5.41) is 9.91. The summed E-state index contributed by atoms with van der Waals surface area (Å²) < 4.78 is 65.1. The molecule has 6 heterocycles. The number of amides is 1. The minimum atomic E-state index is -2.87. The van der Waals surface area contributed by atoms with Crippen LogP contribution in [0.4, 0.5) is 23.4 Å². The van der Waals surface area contributed by atoms with Gasteiger partial charge >= 0.3 is 6.01 Å². The van der Waals surface area contributed by atoms with Crippen LogP contribution in [-0.2, 0) is 4.79 Å². The van der Waals surface area contributed by atoms with E-state index in [0.29, 0.717) is 24.5 Å². The molecule has 0 bridgehead atoms. The van der Waals surface area contributed by atoms with Gasteiger partial charge in [0.1, 0.15) is 35.6 Å². The summed E-state index contributed by atoms with van der Waals surface area (Å²) in [4.78, 5) is 40.6. The van der Waals surface area contributed by atoms with E-state index in [1.54, 1.807) is 30.2 Å². The van der Waals surface area contributed by atoms with E-state index in [-0.39, 0.29) is 78.1 Å². The molecule has 0 saturated carbocycles. The first kappa shape index (κ1) is 34.2. The van der Waals surface area contributed by atoms with Crippen molar-refractivity contribution >= 4 is 28.7 Å². The Morgan fingerprint density at radius 2 is 1.98 bits per heavy atom. The van der Waals surface area contributed by atoms with Crippen molar-refractivity contribution in [2.24, 2.45) is 0 Å². The average Bonchev–Trinajstić information content (AvgIpc) is 3.65. The maximum atomic E-state index is 16.5. The molecule has 1 aromatic carbocycles. The van der Waals surface area contributed by atoms with Crippen LogP contribution < -0.4 is 9.64 Å². The van der Waals surface area contributed by atoms with Crippen LogP contribution in [0.25, 0.3) is 28.2 Å². The van der Waals surface area contributed by atoms with Crippen molar-refractivity contribution in [1.82, 2.24) is 34.7 Å². The van der Waals surface area contributed by atoms with E-state index in [1.165, 1.54) is 36.5 Å². The largest absolute Gasteiger partial charge is 0.461 e. The number of benzene rings is 1. The van der Waals surface area contributed by atoms with Gasteiger partial charge in [-0.2, -0.15) is 15.2 Å². The number of ether oxygens (including phenoxy) is 1. The fraction of sp³-hybridized carbons (Fsp3) is 0.417. The molecule has 3 aliphatic heterocycles. The number of rotatable bonds is 9. The number of pyridine rings is 1. The lowest BCUT2D eigenvalue weighted by molar-refractivity contribution is -0.128. The molecule has 0 spiro atoms. The van der Waals surface area contributed by atoms with Gasteiger partial charge in [-0.1, -0.05) is 24.3 Å². The van der Waals surface area contributed by atoms with E-state index in [0.717, 1.165) is 19.4 Å². The molecule has 0 radical (unpaired) electrons. The number of nitriles is 1. The highest BCUT2D eigenvalue weighted by molar-refractivity contribution is 5.93. The van der Waals surface area contributed by atoms with Crippen LogP contribution in [0.2, 0.25) is 0 Å². The average molecular weight is 702 g/mol. The first-order valence-corrected chi connectivity index (χ1v) is 16.8. The Hall–Kier alpha value is -5.23. The highest BCUT2D eigenvalue weighted by atomic mass is 19.3. The summed E-state index contributed by atoms with van der Waals surface area (Å²) in [6.45, 7) is 3.55. The summed E-state index contributed by atoms with van der Waals surface area (Å²) in [6, 6.07) is 8.70. The van der Waals surface area contributed by atoms with Gasteiger partial charge in [0.25, 0.3) is 6.43 Å². The molecule has 3 fully saturated rings. The lowest BCUT2D eigenvalue weighted by Gasteiger charge is -2.41. The van der Waals surface area contributed by atoms with Crippen molar-refractivity contribution in [1.29, 1.82) is 5.26 Å². The second-order valence-electron chi connectivity index (χ2n) is 13.1. The van der Waals surface area contributed by atoms with E-state index in [1.807, 2.05) is 4.90 Å². The molecule has 3 saturated heterocycles. The van der Waals surface area contributed by atoms with Crippen LogP contribution in [0.5, 0.6) is 6.01 Å². The zero-order valence-corrected chi connectivity index (χ0v) is 27.9. The predicted octanol–water partition coefficient (Wildman–Crippen LogP) is 5.47. The molecular weight excluding hydrogens is 666 g/mol. The standard InChI is InChI=1S/C36H35F4N9O2/c1-22-42-13-10-24(44-22)7-8-29(50)49-16-15-47(20-25(49)9-12-41)34-28-18-43-31(26-5-2-3-6-27(26)33(39)40)30(38)32(28)45-35(46-34)51-21-36-11-4-14-48(36)19-23(37)17-36/h2-3,5-8,10,13,18,23,25,33H,4,9,11,14-17,19-21H2,1H3/b8-7+/t23-,25+,36+/m1/s1. The Morgan fingerprint density at radius 1 is 1.14 bits per heavy atom. The lowest BCUT2D eigenvalue weighted by Crippen LogP contribution is -2.55. The van der Waals surface area contributed by atoms with Crippen molar-refractivity contribution in [3.8, 4) is 23.3 Å². The van der Waals surface area contributed by atoms with Gasteiger partial charge in [0.15, 0.2) is 5.82 Å². The smallest absolute Gasteiger partial charge is 0.319 e. The summed E-state index contributed by atoms with van der Waals surface area (Å²) in [5.74, 6) is -0.409. The monoisotopic (exact) mass is 701 g/mol. The van der Waals surface area contributed by atoms with Crippen LogP contribution in [0, 0.1) is 24.1 Å². The third-order valence-electron chi connectivity index (χ3n) is 9.91. The fourth-order valence-electron chi connectivity index (χ4n) is 7.50. The van der Waals surface area contributed by atoms with Crippen LogP contribution >= 0.6 is 0 Å². The SMILES string of the molecule is Cc1nccc(/C=C/C(=O)N2CCN(c3nc(OC[C@@]45CCCN4C[C@H](F)C5)nc4c(F)c(-c5ccccc5C(F)F)ncc34)C[C@@H]2CC#N)n1. The molecule has 11 nitrogen and oxygen atoms in total. The number of aromatic nitrogens is 5. The van der Waals surface area contributed by atoms with Crippen LogP contribution in [0.15, 0.2) is 48.8 Å². The van der Waals surface area contributed by atoms with Crippen molar-refractivity contribution < 1.29 is 27.1 Å². The van der Waals surface area contributed by atoms with E-state index in [9.17, 15) is 23.2 Å². The molecule has 0 unspecified atom stereocenters. The Morgan fingerprint density at radius 3 is 2.78 bits per heavy atom. The number of carbonyl (C=O) groups excluding carboxylic acids is 1. The first-order valence-electron chi connectivity index (χ1n) is 16.8. The Kier molecular flexibility index (Phi) is 9.52. The van der Waals surface area contributed by atoms with Gasteiger partial charge in [-0.25, -0.2) is 27.5 Å². The van der Waals surface area contributed by atoms with Crippen LogP contribution in [0.1, 0.15) is 49.2 Å². The van der Waals surface area contributed by atoms with Gasteiger partial charge in [0.2, 0.25) is 5.91 Å². The summed E-state index contributed by atoms with van der Waals surface area (Å²) in [6.07, 6.45) is 4.03. The third-order valence-corrected chi connectivity index (χ3v) is 9.91. The molecule has 15 heteroatoms. The number of carbonyl (C=O) groups is 1. The second kappa shape index (κ2) is 14.2. The van der Waals surface area contributed by atoms with Gasteiger partial charge in [-0.05, 0) is 38.5 Å². The normalized spacial score (nSPS) is 22.2. The van der Waals surface area contributed by atoms with Crippen LogP contribution in [-0.4, -0.2) is 97.7 Å². The minimum absolute atomic E-state index is 0.0129. The third kappa shape index (κ3) is 6.80. The van der Waals surface area contributed by atoms with Crippen molar-refractivity contribution in [3.05, 3.63) is 71.7 Å². The van der Waals surface area contributed by atoms with Gasteiger partial charge < -0.3 is 14.5 Å². The number of anilines is 1. The minimum Gasteiger partial charge on any atom is -0.461 e. The summed E-state index contributed by atoms with van der Waals surface area (Å²) in [5.41, 5.74) is -0.886. The van der Waals surface area contributed by atoms with E-state index >= 15 is 4.39 Å². The van der Waals surface area contributed by atoms with Gasteiger partial charge in [-0.3, -0.25) is 14.7 Å². The van der Waals surface area contributed by atoms with Gasteiger partial charge in [0, 0.05) is 62.2 Å². The van der Waals surface area contributed by atoms with E-state index in [2.05, 4.69) is 30.9 Å². The number of hydrogen-bond donors (Lipinski definition) is 0. The lowest BCUT2D eigenvalue weighted by atomic mass is 9.95. The number of piperazine rings is 1. The van der Waals surface area contributed by atoms with Crippen LogP contribution in [0.3, 0.4) is 0 Å². The number of halogens is 4. The number of aryl methyl sites for hydroxylation is 1.